The molecule has 3 amide bonds. The molecule has 0 aromatic heterocycles. The number of amides is 3. The second kappa shape index (κ2) is 4.92. The van der Waals surface area contributed by atoms with E-state index in [-0.39, 0.29) is 24.0 Å². The quantitative estimate of drug-likeness (QED) is 0.228. The molecule has 0 saturated carbocycles. The number of hydrogen-bond acceptors (Lipinski definition) is 4. The molecule has 5 N–H and O–H groups in total. The third-order valence-electron chi connectivity index (χ3n) is 2.99. The number of rotatable bonds is 4. The van der Waals surface area contributed by atoms with Crippen LogP contribution in [0.4, 0.5) is 4.79 Å². The Bertz CT molecular complexity index is 299. The largest absolute Gasteiger partial charge is 0.332 e. The molecular formula is C9H16N4O2S. The zero-order chi connectivity index (χ0) is 11.5. The molecule has 6 nitrogen and oxygen atoms in total. The Morgan fingerprint density at radius 3 is 3.12 bits per heavy atom. The molecule has 2 aliphatic rings. The highest BCUT2D eigenvalue weighted by Gasteiger charge is 2.42. The van der Waals surface area contributed by atoms with Gasteiger partial charge in [-0.15, -0.1) is 0 Å². The minimum atomic E-state index is -0.131. The molecule has 90 valence electrons. The average molecular weight is 244 g/mol. The van der Waals surface area contributed by atoms with Crippen molar-refractivity contribution in [2.45, 2.75) is 36.6 Å². The summed E-state index contributed by atoms with van der Waals surface area (Å²) in [5.41, 5.74) is 2.12. The molecule has 2 rings (SSSR count). The number of carbonyl (C=O) groups excluding carboxylic acids is 2. The Morgan fingerprint density at radius 2 is 2.38 bits per heavy atom. The lowest BCUT2D eigenvalue weighted by molar-refractivity contribution is -0.121. The van der Waals surface area contributed by atoms with Gasteiger partial charge in [-0.2, -0.15) is 11.8 Å². The average Bonchev–Trinajstić information content (AvgIpc) is 2.78. The van der Waals surface area contributed by atoms with Crippen LogP contribution in [0.25, 0.3) is 0 Å². The van der Waals surface area contributed by atoms with E-state index in [9.17, 15) is 9.59 Å². The zero-order valence-electron chi connectivity index (χ0n) is 8.86. The van der Waals surface area contributed by atoms with Gasteiger partial charge in [0.2, 0.25) is 5.91 Å². The van der Waals surface area contributed by atoms with Crippen molar-refractivity contribution in [1.29, 1.82) is 0 Å². The minimum Gasteiger partial charge on any atom is -0.332 e. The third-order valence-corrected chi connectivity index (χ3v) is 4.50. The van der Waals surface area contributed by atoms with E-state index in [4.69, 9.17) is 5.84 Å². The second-order valence-electron chi connectivity index (χ2n) is 4.08. The predicted molar refractivity (Wildman–Crippen MR) is 61.7 cm³/mol. The smallest absolute Gasteiger partial charge is 0.315 e. The van der Waals surface area contributed by atoms with Gasteiger partial charge in [0.05, 0.1) is 12.1 Å². The van der Waals surface area contributed by atoms with Gasteiger partial charge in [-0.3, -0.25) is 10.2 Å². The van der Waals surface area contributed by atoms with Crippen molar-refractivity contribution in [3.05, 3.63) is 0 Å². The summed E-state index contributed by atoms with van der Waals surface area (Å²) in [6.07, 6.45) is 2.19. The molecule has 0 bridgehead atoms. The SMILES string of the molecule is NNC(=O)CCCC1SCC2NC(=O)NC21. The van der Waals surface area contributed by atoms with Crippen molar-refractivity contribution in [2.75, 3.05) is 5.75 Å². The maximum Gasteiger partial charge on any atom is 0.315 e. The van der Waals surface area contributed by atoms with Gasteiger partial charge < -0.3 is 10.6 Å². The van der Waals surface area contributed by atoms with Crippen LogP contribution in [-0.4, -0.2) is 35.0 Å². The molecule has 7 heteroatoms. The van der Waals surface area contributed by atoms with Gasteiger partial charge in [0.15, 0.2) is 0 Å². The van der Waals surface area contributed by atoms with Gasteiger partial charge in [0.1, 0.15) is 0 Å². The Balaban J connectivity index is 1.74. The molecule has 2 aliphatic heterocycles. The van der Waals surface area contributed by atoms with Crippen molar-refractivity contribution in [2.24, 2.45) is 5.84 Å². The van der Waals surface area contributed by atoms with E-state index in [0.717, 1.165) is 18.6 Å². The Kier molecular flexibility index (Phi) is 3.55. The molecule has 2 heterocycles. The van der Waals surface area contributed by atoms with E-state index in [1.807, 2.05) is 11.8 Å². The van der Waals surface area contributed by atoms with Gasteiger partial charge in [-0.05, 0) is 12.8 Å². The van der Waals surface area contributed by atoms with Gasteiger partial charge in [-0.25, -0.2) is 10.6 Å². The minimum absolute atomic E-state index is 0.0694. The first kappa shape index (κ1) is 11.5. The molecule has 2 saturated heterocycles. The fraction of sp³-hybridized carbons (Fsp3) is 0.778. The summed E-state index contributed by atoms with van der Waals surface area (Å²) in [5, 5.41) is 6.22. The Labute approximate surface area is 98.1 Å². The number of thioether (sulfide) groups is 1. The highest BCUT2D eigenvalue weighted by molar-refractivity contribution is 8.00. The Morgan fingerprint density at radius 1 is 1.56 bits per heavy atom. The van der Waals surface area contributed by atoms with Gasteiger partial charge in [-0.1, -0.05) is 0 Å². The molecule has 0 aliphatic carbocycles. The van der Waals surface area contributed by atoms with Crippen LogP contribution in [0, 0.1) is 0 Å². The lowest BCUT2D eigenvalue weighted by Gasteiger charge is -2.16. The first-order valence-electron chi connectivity index (χ1n) is 5.39. The lowest BCUT2D eigenvalue weighted by Crippen LogP contribution is -2.37. The normalized spacial score (nSPS) is 31.8. The Hall–Kier alpha value is -0.950. The molecule has 16 heavy (non-hydrogen) atoms. The van der Waals surface area contributed by atoms with Crippen LogP contribution in [0.5, 0.6) is 0 Å². The molecule has 3 unspecified atom stereocenters. The number of carbonyl (C=O) groups is 2. The number of hydrogen-bond donors (Lipinski definition) is 4. The number of urea groups is 1. The molecule has 0 radical (unpaired) electrons. The molecule has 0 aromatic rings. The van der Waals surface area contributed by atoms with Gasteiger partial charge in [0, 0.05) is 17.4 Å². The standard InChI is InChI=1S/C9H16N4O2S/c10-13-7(14)3-1-2-6-8-5(4-16-6)11-9(15)12-8/h5-6,8H,1-4,10H2,(H,13,14)(H2,11,12,15). The van der Waals surface area contributed by atoms with Crippen LogP contribution in [0.3, 0.4) is 0 Å². The number of nitrogens with one attached hydrogen (secondary N) is 3. The fourth-order valence-corrected chi connectivity index (χ4v) is 3.72. The van der Waals surface area contributed by atoms with E-state index < -0.39 is 0 Å². The predicted octanol–water partition coefficient (Wildman–Crippen LogP) is -0.688. The molecule has 3 atom stereocenters. The second-order valence-corrected chi connectivity index (χ2v) is 5.35. The zero-order valence-corrected chi connectivity index (χ0v) is 9.68. The molecule has 2 fully saturated rings. The first-order chi connectivity index (χ1) is 7.70. The molecule has 0 spiro atoms. The summed E-state index contributed by atoms with van der Waals surface area (Å²) in [6.45, 7) is 0. The van der Waals surface area contributed by atoms with E-state index in [1.165, 1.54) is 0 Å². The summed E-state index contributed by atoms with van der Waals surface area (Å²) in [4.78, 5) is 22.1. The van der Waals surface area contributed by atoms with Crippen LogP contribution in [-0.2, 0) is 4.79 Å². The van der Waals surface area contributed by atoms with Crippen LogP contribution in [0.15, 0.2) is 0 Å². The van der Waals surface area contributed by atoms with Crippen LogP contribution in [0.2, 0.25) is 0 Å². The van der Waals surface area contributed by atoms with Crippen molar-refractivity contribution in [1.82, 2.24) is 16.1 Å². The summed E-state index contributed by atoms with van der Waals surface area (Å²) in [5.74, 6) is 5.82. The molecule has 0 aromatic carbocycles. The highest BCUT2D eigenvalue weighted by atomic mass is 32.2. The monoisotopic (exact) mass is 244 g/mol. The van der Waals surface area contributed by atoms with E-state index in [1.54, 1.807) is 0 Å². The van der Waals surface area contributed by atoms with E-state index in [2.05, 4.69) is 16.1 Å². The summed E-state index contributed by atoms with van der Waals surface area (Å²) in [7, 11) is 0. The first-order valence-corrected chi connectivity index (χ1v) is 6.43. The van der Waals surface area contributed by atoms with E-state index >= 15 is 0 Å². The fourth-order valence-electron chi connectivity index (χ4n) is 2.18. The number of fused-ring (bicyclic) bond motifs is 1. The third kappa shape index (κ3) is 2.41. The van der Waals surface area contributed by atoms with E-state index in [0.29, 0.717) is 11.7 Å². The highest BCUT2D eigenvalue weighted by Crippen LogP contribution is 2.32. The molecular weight excluding hydrogens is 228 g/mol. The maximum atomic E-state index is 11.1. The van der Waals surface area contributed by atoms with Crippen LogP contribution in [0.1, 0.15) is 19.3 Å². The van der Waals surface area contributed by atoms with Crippen LogP contribution >= 0.6 is 11.8 Å². The van der Waals surface area contributed by atoms with Crippen molar-refractivity contribution < 1.29 is 9.59 Å². The van der Waals surface area contributed by atoms with Crippen molar-refractivity contribution in [3.63, 3.8) is 0 Å². The maximum absolute atomic E-state index is 11.1. The topological polar surface area (TPSA) is 96.2 Å². The number of hydrazine groups is 1. The van der Waals surface area contributed by atoms with Crippen molar-refractivity contribution >= 4 is 23.7 Å². The lowest BCUT2D eigenvalue weighted by atomic mass is 10.0. The van der Waals surface area contributed by atoms with Crippen molar-refractivity contribution in [3.8, 4) is 0 Å². The van der Waals surface area contributed by atoms with Crippen LogP contribution < -0.4 is 21.9 Å². The number of nitrogens with two attached hydrogens (primary N) is 1. The van der Waals surface area contributed by atoms with Gasteiger partial charge >= 0.3 is 6.03 Å². The summed E-state index contributed by atoms with van der Waals surface area (Å²) < 4.78 is 0. The summed E-state index contributed by atoms with van der Waals surface area (Å²) in [6, 6.07) is 0.407. The van der Waals surface area contributed by atoms with Gasteiger partial charge in [0.25, 0.3) is 0 Å². The summed E-state index contributed by atoms with van der Waals surface area (Å²) >= 11 is 1.86.